The van der Waals surface area contributed by atoms with E-state index in [4.69, 9.17) is 28.9 Å². The van der Waals surface area contributed by atoms with Crippen molar-refractivity contribution in [2.75, 3.05) is 0 Å². The van der Waals surface area contributed by atoms with Crippen LogP contribution in [0, 0.1) is 0 Å². The summed E-state index contributed by atoms with van der Waals surface area (Å²) in [5, 5.41) is 15.2. The summed E-state index contributed by atoms with van der Waals surface area (Å²) < 4.78 is 0. The Bertz CT molecular complexity index is 907. The first-order valence-electron chi connectivity index (χ1n) is 6.19. The molecular weight excluding hydrogens is 325 g/mol. The lowest BCUT2D eigenvalue weighted by molar-refractivity contribution is 0.249. The molecule has 0 unspecified atom stereocenters. The number of halogens is 2. The summed E-state index contributed by atoms with van der Waals surface area (Å²) in [6, 6.07) is 9.47. The molecule has 0 radical (unpaired) electrons. The number of nitrogens with two attached hydrogens (primary N) is 1. The van der Waals surface area contributed by atoms with Crippen LogP contribution in [0.15, 0.2) is 41.5 Å². The van der Waals surface area contributed by atoms with Crippen LogP contribution in [0.3, 0.4) is 0 Å². The molecule has 22 heavy (non-hydrogen) atoms. The number of aromatic nitrogens is 2. The molecule has 1 heterocycles. The largest absolute Gasteiger partial charge is 0.350 e. The molecule has 3 rings (SSSR count). The summed E-state index contributed by atoms with van der Waals surface area (Å²) >= 11 is 12.0. The van der Waals surface area contributed by atoms with E-state index >= 15 is 0 Å². The van der Waals surface area contributed by atoms with Crippen LogP contribution in [0.2, 0.25) is 10.0 Å². The van der Waals surface area contributed by atoms with E-state index in [1.54, 1.807) is 36.4 Å². The van der Waals surface area contributed by atoms with Crippen molar-refractivity contribution < 1.29 is 4.79 Å². The number of urea groups is 1. The zero-order valence-corrected chi connectivity index (χ0v) is 12.6. The standard InChI is InChI=1S/C14H9Cl2N5O/c15-7-1-3-9-11(5-7)18-19-12-6-8(16)2-4-10(12)13(9)20-21-14(17)22/h1-6H,(H3,17,21,22). The zero-order valence-electron chi connectivity index (χ0n) is 11.0. The monoisotopic (exact) mass is 333 g/mol. The number of amides is 2. The second-order valence-corrected chi connectivity index (χ2v) is 5.33. The molecule has 0 aliphatic carbocycles. The Morgan fingerprint density at radius 2 is 1.50 bits per heavy atom. The Morgan fingerprint density at radius 3 is 1.95 bits per heavy atom. The number of fused-ring (bicyclic) bond motifs is 2. The number of primary amides is 1. The number of carbonyl (C=O) groups excluding carboxylic acids is 1. The third kappa shape index (κ3) is 2.79. The van der Waals surface area contributed by atoms with E-state index < -0.39 is 6.03 Å². The van der Waals surface area contributed by atoms with Crippen LogP contribution in [0.5, 0.6) is 0 Å². The normalized spacial score (nSPS) is 10.6. The highest BCUT2D eigenvalue weighted by atomic mass is 35.5. The van der Waals surface area contributed by atoms with Gasteiger partial charge in [-0.2, -0.15) is 5.10 Å². The van der Waals surface area contributed by atoms with Gasteiger partial charge < -0.3 is 5.73 Å². The molecule has 0 spiro atoms. The molecule has 0 aliphatic heterocycles. The highest BCUT2D eigenvalue weighted by molar-refractivity contribution is 6.31. The number of hydrogen-bond acceptors (Lipinski definition) is 4. The van der Waals surface area contributed by atoms with Gasteiger partial charge in [-0.15, -0.1) is 10.2 Å². The Balaban J connectivity index is 2.52. The average Bonchev–Trinajstić information content (AvgIpc) is 2.61. The SMILES string of the molecule is NC(=O)NN=c1c2ccc(Cl)cc2nnc2cc(Cl)ccc12. The van der Waals surface area contributed by atoms with Gasteiger partial charge in [-0.1, -0.05) is 23.2 Å². The smallest absolute Gasteiger partial charge is 0.332 e. The van der Waals surface area contributed by atoms with Gasteiger partial charge in [0.05, 0.1) is 11.0 Å². The number of benzene rings is 2. The van der Waals surface area contributed by atoms with E-state index in [0.717, 1.165) is 0 Å². The first-order valence-corrected chi connectivity index (χ1v) is 6.95. The molecule has 6 nitrogen and oxygen atoms in total. The molecule has 2 amide bonds. The van der Waals surface area contributed by atoms with Crippen LogP contribution < -0.4 is 16.5 Å². The van der Waals surface area contributed by atoms with Crippen molar-refractivity contribution in [2.45, 2.75) is 0 Å². The maximum atomic E-state index is 11.0. The molecule has 110 valence electrons. The highest BCUT2D eigenvalue weighted by Gasteiger charge is 2.05. The molecule has 0 fully saturated rings. The molecule has 0 aliphatic rings. The maximum Gasteiger partial charge on any atom is 0.332 e. The van der Waals surface area contributed by atoms with E-state index in [0.29, 0.717) is 37.2 Å². The van der Waals surface area contributed by atoms with Crippen molar-refractivity contribution >= 4 is 51.0 Å². The van der Waals surface area contributed by atoms with E-state index in [1.807, 2.05) is 0 Å². The van der Waals surface area contributed by atoms with Gasteiger partial charge >= 0.3 is 6.03 Å². The number of carbonyl (C=O) groups is 1. The van der Waals surface area contributed by atoms with Crippen molar-refractivity contribution in [3.63, 3.8) is 0 Å². The van der Waals surface area contributed by atoms with Crippen LogP contribution >= 0.6 is 23.2 Å². The van der Waals surface area contributed by atoms with Crippen LogP contribution in [-0.2, 0) is 0 Å². The summed E-state index contributed by atoms with van der Waals surface area (Å²) in [7, 11) is 0. The van der Waals surface area contributed by atoms with Crippen molar-refractivity contribution in [1.29, 1.82) is 0 Å². The lowest BCUT2D eigenvalue weighted by Crippen LogP contribution is -2.27. The minimum atomic E-state index is -0.767. The zero-order chi connectivity index (χ0) is 15.7. The molecule has 3 N–H and O–H groups in total. The van der Waals surface area contributed by atoms with Gasteiger partial charge in [-0.05, 0) is 36.4 Å². The maximum absolute atomic E-state index is 11.0. The summed E-state index contributed by atoms with van der Waals surface area (Å²) in [6.45, 7) is 0. The first kappa shape index (κ1) is 14.5. The van der Waals surface area contributed by atoms with Crippen molar-refractivity contribution in [1.82, 2.24) is 15.6 Å². The average molecular weight is 334 g/mol. The summed E-state index contributed by atoms with van der Waals surface area (Å²) in [5.74, 6) is 0. The lowest BCUT2D eigenvalue weighted by atomic mass is 10.1. The fourth-order valence-corrected chi connectivity index (χ4v) is 2.39. The third-order valence-corrected chi connectivity index (χ3v) is 3.44. The summed E-state index contributed by atoms with van der Waals surface area (Å²) in [4.78, 5) is 11.0. The van der Waals surface area contributed by atoms with Crippen LogP contribution in [-0.4, -0.2) is 16.2 Å². The summed E-state index contributed by atoms with van der Waals surface area (Å²) in [5.41, 5.74) is 8.39. The van der Waals surface area contributed by atoms with Gasteiger partial charge in [0.2, 0.25) is 0 Å². The minimum Gasteiger partial charge on any atom is -0.350 e. The van der Waals surface area contributed by atoms with E-state index in [1.165, 1.54) is 0 Å². The molecule has 8 heteroatoms. The third-order valence-electron chi connectivity index (χ3n) is 2.97. The fourth-order valence-electron chi connectivity index (χ4n) is 2.06. The van der Waals surface area contributed by atoms with Gasteiger partial charge in [-0.3, -0.25) is 0 Å². The van der Waals surface area contributed by atoms with Crippen molar-refractivity contribution in [2.24, 2.45) is 10.8 Å². The Morgan fingerprint density at radius 1 is 1.00 bits per heavy atom. The molecule has 0 atom stereocenters. The number of rotatable bonds is 1. The molecule has 0 saturated heterocycles. The number of nitrogens with one attached hydrogen (secondary N) is 1. The van der Waals surface area contributed by atoms with Gasteiger partial charge in [-0.25, -0.2) is 10.2 Å². The predicted octanol–water partition coefficient (Wildman–Crippen LogP) is 2.57. The van der Waals surface area contributed by atoms with Gasteiger partial charge in [0.25, 0.3) is 0 Å². The molecular formula is C14H9Cl2N5O. The Kier molecular flexibility index (Phi) is 3.79. The quantitative estimate of drug-likeness (QED) is 0.670. The minimum absolute atomic E-state index is 0.474. The second kappa shape index (κ2) is 5.75. The molecule has 2 aromatic carbocycles. The molecule has 3 aromatic rings. The fraction of sp³-hybridized carbons (Fsp3) is 0. The predicted molar refractivity (Wildman–Crippen MR) is 85.3 cm³/mol. The van der Waals surface area contributed by atoms with E-state index in [9.17, 15) is 4.79 Å². The van der Waals surface area contributed by atoms with Crippen LogP contribution in [0.25, 0.3) is 21.8 Å². The topological polar surface area (TPSA) is 93.3 Å². The second-order valence-electron chi connectivity index (χ2n) is 4.46. The van der Waals surface area contributed by atoms with E-state index in [2.05, 4.69) is 20.7 Å². The summed E-state index contributed by atoms with van der Waals surface area (Å²) in [6.07, 6.45) is 0. The highest BCUT2D eigenvalue weighted by Crippen LogP contribution is 2.18. The first-order chi connectivity index (χ1) is 10.5. The van der Waals surface area contributed by atoms with Gasteiger partial charge in [0.15, 0.2) is 0 Å². The van der Waals surface area contributed by atoms with Crippen molar-refractivity contribution in [3.05, 3.63) is 51.8 Å². The van der Waals surface area contributed by atoms with Crippen molar-refractivity contribution in [3.8, 4) is 0 Å². The molecule has 0 bridgehead atoms. The van der Waals surface area contributed by atoms with Gasteiger partial charge in [0, 0.05) is 20.8 Å². The molecule has 0 saturated carbocycles. The van der Waals surface area contributed by atoms with Crippen LogP contribution in [0.1, 0.15) is 0 Å². The van der Waals surface area contributed by atoms with Crippen LogP contribution in [0.4, 0.5) is 4.79 Å². The Labute approximate surface area is 134 Å². The Hall–Kier alpha value is -2.44. The lowest BCUT2D eigenvalue weighted by Gasteiger charge is -1.97. The van der Waals surface area contributed by atoms with E-state index in [-0.39, 0.29) is 0 Å². The molecule has 1 aromatic heterocycles. The number of nitrogens with zero attached hydrogens (tertiary/aromatic N) is 3. The number of hydrogen-bond donors (Lipinski definition) is 2. The van der Waals surface area contributed by atoms with Gasteiger partial charge in [0.1, 0.15) is 5.36 Å².